The van der Waals surface area contributed by atoms with E-state index in [4.69, 9.17) is 4.43 Å². The van der Waals surface area contributed by atoms with Gasteiger partial charge in [-0.25, -0.2) is 0 Å². The lowest BCUT2D eigenvalue weighted by Gasteiger charge is -2.41. The molecule has 0 aromatic rings. The molecule has 0 amide bonds. The van der Waals surface area contributed by atoms with Crippen LogP contribution in [0.15, 0.2) is 23.3 Å². The van der Waals surface area contributed by atoms with Crippen molar-refractivity contribution in [3.05, 3.63) is 23.3 Å². The molecule has 2 rings (SSSR count). The molecule has 2 atom stereocenters. The van der Waals surface area contributed by atoms with Crippen LogP contribution in [0.1, 0.15) is 52.4 Å². The van der Waals surface area contributed by atoms with Gasteiger partial charge in [0.2, 0.25) is 5.60 Å². The Hall–Kier alpha value is -1.09. The van der Waals surface area contributed by atoms with E-state index in [1.807, 2.05) is 13.0 Å². The van der Waals surface area contributed by atoms with Gasteiger partial charge in [0.25, 0.3) is 0 Å². The van der Waals surface area contributed by atoms with Gasteiger partial charge in [-0.15, -0.1) is 0 Å². The van der Waals surface area contributed by atoms with Gasteiger partial charge in [-0.2, -0.15) is 26.3 Å². The van der Waals surface area contributed by atoms with Gasteiger partial charge < -0.3 is 4.43 Å². The molecule has 172 valence electrons. The van der Waals surface area contributed by atoms with E-state index in [2.05, 4.69) is 0 Å². The van der Waals surface area contributed by atoms with Crippen LogP contribution in [0, 0.1) is 11.3 Å². The number of carbonyl (C=O) groups excluding carboxylic acids is 1. The van der Waals surface area contributed by atoms with Gasteiger partial charge in [-0.3, -0.25) is 4.79 Å². The van der Waals surface area contributed by atoms with E-state index in [-0.39, 0.29) is 11.7 Å². The Morgan fingerprint density at radius 1 is 1.20 bits per heavy atom. The Labute approximate surface area is 174 Å². The van der Waals surface area contributed by atoms with Gasteiger partial charge in [-0.05, 0) is 64.2 Å². The van der Waals surface area contributed by atoms with E-state index < -0.39 is 44.5 Å². The van der Waals surface area contributed by atoms with Gasteiger partial charge in [0, 0.05) is 17.8 Å². The Bertz CT molecular complexity index is 715. The summed E-state index contributed by atoms with van der Waals surface area (Å²) in [6.45, 7) is 7.59. The first-order valence-corrected chi connectivity index (χ1v) is 13.6. The van der Waals surface area contributed by atoms with E-state index in [0.717, 1.165) is 18.4 Å². The predicted octanol–water partition coefficient (Wildman–Crippen LogP) is 7.13. The molecule has 0 spiro atoms. The van der Waals surface area contributed by atoms with Crippen molar-refractivity contribution in [1.82, 2.24) is 0 Å². The predicted molar refractivity (Wildman–Crippen MR) is 105 cm³/mol. The number of Topliss-reactive ketones (excluding diaryl/α,β-unsaturated/α-hetero) is 1. The lowest BCUT2D eigenvalue weighted by atomic mass is 9.64. The fourth-order valence-electron chi connectivity index (χ4n) is 4.86. The maximum absolute atomic E-state index is 13.7. The third-order valence-corrected chi connectivity index (χ3v) is 7.18. The number of hydrogen-bond acceptors (Lipinski definition) is 2. The molecule has 2 aliphatic rings. The maximum atomic E-state index is 13.7. The summed E-state index contributed by atoms with van der Waals surface area (Å²) in [5, 5.41) is 0. The first kappa shape index (κ1) is 25.2. The van der Waals surface area contributed by atoms with Crippen LogP contribution in [0.5, 0.6) is 0 Å². The molecule has 1 fully saturated rings. The van der Waals surface area contributed by atoms with Crippen molar-refractivity contribution in [2.45, 2.75) is 90.0 Å². The van der Waals surface area contributed by atoms with Crippen molar-refractivity contribution < 1.29 is 35.6 Å². The highest BCUT2D eigenvalue weighted by atomic mass is 28.4. The van der Waals surface area contributed by atoms with Gasteiger partial charge in [0.05, 0.1) is 0 Å². The van der Waals surface area contributed by atoms with Crippen molar-refractivity contribution in [3.8, 4) is 0 Å². The molecule has 9 heteroatoms. The quantitative estimate of drug-likeness (QED) is 0.314. The average molecular weight is 457 g/mol. The zero-order valence-corrected chi connectivity index (χ0v) is 19.1. The minimum absolute atomic E-state index is 0.149. The summed E-state index contributed by atoms with van der Waals surface area (Å²) in [7, 11) is -3.17. The molecule has 0 saturated heterocycles. The van der Waals surface area contributed by atoms with E-state index in [1.54, 1.807) is 6.92 Å². The molecule has 0 heterocycles. The van der Waals surface area contributed by atoms with Crippen LogP contribution < -0.4 is 0 Å². The monoisotopic (exact) mass is 456 g/mol. The fraction of sp³-hybridized carbons (Fsp3) is 0.762. The highest BCUT2D eigenvalue weighted by Crippen LogP contribution is 2.54. The second kappa shape index (κ2) is 8.11. The van der Waals surface area contributed by atoms with Crippen LogP contribution in [0.25, 0.3) is 0 Å². The molecule has 2 unspecified atom stereocenters. The van der Waals surface area contributed by atoms with E-state index in [0.29, 0.717) is 18.4 Å². The number of hydrogen-bond donors (Lipinski definition) is 0. The highest BCUT2D eigenvalue weighted by molar-refractivity contribution is 6.69. The number of carbonyl (C=O) groups is 1. The lowest BCUT2D eigenvalue weighted by Crippen LogP contribution is -2.62. The first-order valence-electron chi connectivity index (χ1n) is 10.2. The van der Waals surface area contributed by atoms with Crippen molar-refractivity contribution in [1.29, 1.82) is 0 Å². The minimum atomic E-state index is -5.58. The Morgan fingerprint density at radius 3 is 2.27 bits per heavy atom. The Kier molecular flexibility index (Phi) is 6.81. The number of ketones is 1. The van der Waals surface area contributed by atoms with Crippen LogP contribution >= 0.6 is 0 Å². The zero-order chi connectivity index (χ0) is 23.2. The maximum Gasteiger partial charge on any atom is 0.425 e. The molecule has 2 aliphatic carbocycles. The number of halogens is 6. The van der Waals surface area contributed by atoms with Crippen LogP contribution in [0.2, 0.25) is 19.6 Å². The Morgan fingerprint density at radius 2 is 1.77 bits per heavy atom. The van der Waals surface area contributed by atoms with Crippen molar-refractivity contribution in [2.24, 2.45) is 11.3 Å². The second-order valence-electron chi connectivity index (χ2n) is 9.61. The normalized spacial score (nSPS) is 26.6. The average Bonchev–Trinajstić information content (AvgIpc) is 2.89. The summed E-state index contributed by atoms with van der Waals surface area (Å²) in [5.74, 6) is 0.0313. The van der Waals surface area contributed by atoms with Crippen LogP contribution in [-0.2, 0) is 9.22 Å². The largest absolute Gasteiger partial charge is 0.425 e. The third kappa shape index (κ3) is 4.71. The molecular weight excluding hydrogens is 426 g/mol. The smallest absolute Gasteiger partial charge is 0.397 e. The molecule has 0 radical (unpaired) electrons. The molecule has 2 nitrogen and oxygen atoms in total. The first-order chi connectivity index (χ1) is 13.4. The molecule has 1 saturated carbocycles. The molecule has 0 aromatic carbocycles. The molecule has 0 N–H and O–H groups in total. The topological polar surface area (TPSA) is 26.3 Å². The molecule has 0 aromatic heterocycles. The van der Waals surface area contributed by atoms with Gasteiger partial charge in [0.15, 0.2) is 8.32 Å². The molecule has 0 bridgehead atoms. The van der Waals surface area contributed by atoms with Crippen LogP contribution in [0.3, 0.4) is 0 Å². The standard InChI is InChI=1S/C21H30F6O2Si/c1-14(15-10-11-16-17(28)9-7-12-18(15,16)2)8-6-13-19(20(22,23)24,21(25,26)27)29-30(3,4)5/h8,10,16H,6-7,9,11-13H2,1-5H3. The van der Waals surface area contributed by atoms with Crippen LogP contribution in [0.4, 0.5) is 26.3 Å². The lowest BCUT2D eigenvalue weighted by molar-refractivity contribution is -0.362. The third-order valence-electron chi connectivity index (χ3n) is 6.22. The van der Waals surface area contributed by atoms with Crippen LogP contribution in [-0.4, -0.2) is 32.1 Å². The van der Waals surface area contributed by atoms with Crippen molar-refractivity contribution >= 4 is 14.1 Å². The summed E-state index contributed by atoms with van der Waals surface area (Å²) in [6.07, 6.45) is -6.84. The zero-order valence-electron chi connectivity index (χ0n) is 18.1. The number of fused-ring (bicyclic) bond motifs is 1. The van der Waals surface area contributed by atoms with E-state index >= 15 is 0 Å². The van der Waals surface area contributed by atoms with Gasteiger partial charge >= 0.3 is 12.4 Å². The van der Waals surface area contributed by atoms with Gasteiger partial charge in [-0.1, -0.05) is 24.6 Å². The van der Waals surface area contributed by atoms with E-state index in [1.165, 1.54) is 25.7 Å². The van der Waals surface area contributed by atoms with E-state index in [9.17, 15) is 31.1 Å². The molecular formula is C21H30F6O2Si. The summed E-state index contributed by atoms with van der Waals surface area (Å²) >= 11 is 0. The summed E-state index contributed by atoms with van der Waals surface area (Å²) < 4.78 is 86.7. The minimum Gasteiger partial charge on any atom is -0.397 e. The fourth-order valence-corrected chi connectivity index (χ4v) is 6.24. The summed E-state index contributed by atoms with van der Waals surface area (Å²) in [6, 6.07) is 0. The van der Waals surface area contributed by atoms with Crippen molar-refractivity contribution in [3.63, 3.8) is 0 Å². The number of alkyl halides is 6. The SMILES string of the molecule is CC(=CCCC(O[Si](C)(C)C)(C(F)(F)F)C(F)(F)F)C1=CCC2C(=O)CCCC12C. The number of rotatable bonds is 6. The highest BCUT2D eigenvalue weighted by Gasteiger charge is 2.72. The summed E-state index contributed by atoms with van der Waals surface area (Å²) in [5.41, 5.74) is -3.06. The number of allylic oxidation sites excluding steroid dienone is 4. The molecule has 0 aliphatic heterocycles. The van der Waals surface area contributed by atoms with Crippen molar-refractivity contribution in [2.75, 3.05) is 0 Å². The Balaban J connectivity index is 2.27. The molecule has 30 heavy (non-hydrogen) atoms. The second-order valence-corrected chi connectivity index (χ2v) is 14.0. The summed E-state index contributed by atoms with van der Waals surface area (Å²) in [4.78, 5) is 12.2. The van der Waals surface area contributed by atoms with Gasteiger partial charge in [0.1, 0.15) is 5.78 Å².